The van der Waals surface area contributed by atoms with Crippen LogP contribution < -0.4 is 0 Å². The minimum absolute atomic E-state index is 0.402. The lowest BCUT2D eigenvalue weighted by Gasteiger charge is -2.25. The first kappa shape index (κ1) is 14.7. The molecular weight excluding hydrogens is 276 g/mol. The summed E-state index contributed by atoms with van der Waals surface area (Å²) >= 11 is -1.05. The minimum atomic E-state index is -1.05. The van der Waals surface area contributed by atoms with E-state index in [4.69, 9.17) is 0 Å². The van der Waals surface area contributed by atoms with Crippen LogP contribution in [0.5, 0.6) is 0 Å². The highest BCUT2D eigenvalue weighted by Gasteiger charge is 2.31. The molecule has 0 N–H and O–H groups in total. The van der Waals surface area contributed by atoms with Gasteiger partial charge < -0.3 is 4.55 Å². The molecule has 0 spiro atoms. The second kappa shape index (κ2) is 5.51. The standard InChI is InChI=1S/C19H22OS/c1-12(2)14-8-9-15-10-16-6-5-7-17(13(3)4)19(16)21(20)18(15)11-14/h5-9,11-13H,10H2,1-4H3. The van der Waals surface area contributed by atoms with Crippen LogP contribution in [0.4, 0.5) is 0 Å². The second-order valence-corrected chi connectivity index (χ2v) is 7.84. The quantitative estimate of drug-likeness (QED) is 0.715. The number of rotatable bonds is 2. The first-order chi connectivity index (χ1) is 9.99. The van der Waals surface area contributed by atoms with Gasteiger partial charge in [-0.25, -0.2) is 0 Å². The van der Waals surface area contributed by atoms with E-state index in [2.05, 4.69) is 64.1 Å². The van der Waals surface area contributed by atoms with Crippen molar-refractivity contribution in [3.05, 3.63) is 58.7 Å². The molecule has 2 heteroatoms. The van der Waals surface area contributed by atoms with E-state index in [1.54, 1.807) is 0 Å². The summed E-state index contributed by atoms with van der Waals surface area (Å²) < 4.78 is 13.1. The Hall–Kier alpha value is -1.25. The molecule has 1 aliphatic rings. The maximum Gasteiger partial charge on any atom is 0.165 e. The number of hydrogen-bond acceptors (Lipinski definition) is 1. The van der Waals surface area contributed by atoms with E-state index < -0.39 is 11.2 Å². The fraction of sp³-hybridized carbons (Fsp3) is 0.368. The summed E-state index contributed by atoms with van der Waals surface area (Å²) in [6.45, 7) is 8.71. The highest BCUT2D eigenvalue weighted by Crippen LogP contribution is 2.39. The van der Waals surface area contributed by atoms with E-state index in [0.717, 1.165) is 16.2 Å². The van der Waals surface area contributed by atoms with Crippen molar-refractivity contribution in [1.29, 1.82) is 0 Å². The lowest BCUT2D eigenvalue weighted by Crippen LogP contribution is -2.18. The molecule has 1 unspecified atom stereocenters. The Labute approximate surface area is 130 Å². The van der Waals surface area contributed by atoms with Gasteiger partial charge in [-0.05, 0) is 23.5 Å². The molecule has 1 heterocycles. The van der Waals surface area contributed by atoms with Crippen molar-refractivity contribution < 1.29 is 4.55 Å². The zero-order valence-corrected chi connectivity index (χ0v) is 14.0. The van der Waals surface area contributed by atoms with Crippen molar-refractivity contribution in [2.24, 2.45) is 0 Å². The molecule has 0 fully saturated rings. The number of benzene rings is 2. The molecule has 0 saturated carbocycles. The predicted octanol–water partition coefficient (Wildman–Crippen LogP) is 5.00. The Morgan fingerprint density at radius 3 is 2.38 bits per heavy atom. The average molecular weight is 298 g/mol. The van der Waals surface area contributed by atoms with Gasteiger partial charge in [0.05, 0.1) is 0 Å². The van der Waals surface area contributed by atoms with Gasteiger partial charge in [-0.15, -0.1) is 0 Å². The zero-order chi connectivity index (χ0) is 15.1. The van der Waals surface area contributed by atoms with E-state index in [9.17, 15) is 4.55 Å². The van der Waals surface area contributed by atoms with Crippen molar-refractivity contribution >= 4 is 11.2 Å². The molecule has 0 radical (unpaired) electrons. The average Bonchev–Trinajstić information content (AvgIpc) is 2.46. The van der Waals surface area contributed by atoms with Crippen LogP contribution in [0, 0.1) is 0 Å². The largest absolute Gasteiger partial charge is 0.606 e. The van der Waals surface area contributed by atoms with Crippen LogP contribution in [0.1, 0.15) is 61.8 Å². The van der Waals surface area contributed by atoms with Crippen molar-refractivity contribution in [3.63, 3.8) is 0 Å². The Morgan fingerprint density at radius 2 is 1.71 bits per heavy atom. The van der Waals surface area contributed by atoms with Gasteiger partial charge >= 0.3 is 0 Å². The summed E-state index contributed by atoms with van der Waals surface area (Å²) in [5, 5.41) is 0. The Kier molecular flexibility index (Phi) is 3.85. The fourth-order valence-electron chi connectivity index (χ4n) is 2.99. The third-order valence-electron chi connectivity index (χ3n) is 4.27. The van der Waals surface area contributed by atoms with E-state index in [1.165, 1.54) is 22.3 Å². The van der Waals surface area contributed by atoms with Gasteiger partial charge in [0.15, 0.2) is 9.79 Å². The molecule has 0 aromatic heterocycles. The third-order valence-corrected chi connectivity index (χ3v) is 5.92. The molecule has 2 aromatic rings. The smallest absolute Gasteiger partial charge is 0.165 e. The van der Waals surface area contributed by atoms with Crippen LogP contribution in [0.25, 0.3) is 0 Å². The van der Waals surface area contributed by atoms with Crippen LogP contribution in [0.2, 0.25) is 0 Å². The van der Waals surface area contributed by atoms with Gasteiger partial charge in [0.1, 0.15) is 0 Å². The van der Waals surface area contributed by atoms with Gasteiger partial charge in [0.2, 0.25) is 0 Å². The molecule has 0 bridgehead atoms. The highest BCUT2D eigenvalue weighted by atomic mass is 32.2. The Bertz CT molecular complexity index is 673. The molecule has 0 aliphatic carbocycles. The maximum absolute atomic E-state index is 13.1. The first-order valence-corrected chi connectivity index (χ1v) is 8.80. The molecular formula is C19H22OS. The topological polar surface area (TPSA) is 23.1 Å². The molecule has 110 valence electrons. The third kappa shape index (κ3) is 2.51. The van der Waals surface area contributed by atoms with E-state index in [0.29, 0.717) is 11.8 Å². The predicted molar refractivity (Wildman–Crippen MR) is 88.5 cm³/mol. The number of hydrogen-bond donors (Lipinski definition) is 0. The molecule has 1 aliphatic heterocycles. The lowest BCUT2D eigenvalue weighted by molar-refractivity contribution is 0.587. The second-order valence-electron chi connectivity index (χ2n) is 6.46. The van der Waals surface area contributed by atoms with Gasteiger partial charge in [-0.3, -0.25) is 0 Å². The summed E-state index contributed by atoms with van der Waals surface area (Å²) in [5.41, 5.74) is 4.94. The number of fused-ring (bicyclic) bond motifs is 2. The van der Waals surface area contributed by atoms with E-state index in [-0.39, 0.29) is 0 Å². The van der Waals surface area contributed by atoms with Gasteiger partial charge in [0.25, 0.3) is 0 Å². The first-order valence-electron chi connectivity index (χ1n) is 7.65. The molecule has 0 amide bonds. The summed E-state index contributed by atoms with van der Waals surface area (Å²) in [6, 6.07) is 12.8. The minimum Gasteiger partial charge on any atom is -0.606 e. The van der Waals surface area contributed by atoms with Gasteiger partial charge in [0, 0.05) is 34.3 Å². The maximum atomic E-state index is 13.1. The van der Waals surface area contributed by atoms with Crippen LogP contribution in [0.3, 0.4) is 0 Å². The lowest BCUT2D eigenvalue weighted by atomic mass is 9.95. The highest BCUT2D eigenvalue weighted by molar-refractivity contribution is 7.91. The molecule has 1 atom stereocenters. The van der Waals surface area contributed by atoms with Crippen LogP contribution in [-0.4, -0.2) is 4.55 Å². The summed E-state index contributed by atoms with van der Waals surface area (Å²) in [7, 11) is 0. The van der Waals surface area contributed by atoms with Crippen LogP contribution >= 0.6 is 0 Å². The molecule has 1 nitrogen and oxygen atoms in total. The van der Waals surface area contributed by atoms with Crippen LogP contribution in [0.15, 0.2) is 46.2 Å². The monoisotopic (exact) mass is 298 g/mol. The molecule has 0 saturated heterocycles. The summed E-state index contributed by atoms with van der Waals surface area (Å²) in [5.74, 6) is 0.868. The Balaban J connectivity index is 2.14. The van der Waals surface area contributed by atoms with Crippen molar-refractivity contribution in [2.75, 3.05) is 0 Å². The van der Waals surface area contributed by atoms with Gasteiger partial charge in [-0.1, -0.05) is 58.0 Å². The molecule has 21 heavy (non-hydrogen) atoms. The van der Waals surface area contributed by atoms with Crippen molar-refractivity contribution in [3.8, 4) is 0 Å². The van der Waals surface area contributed by atoms with Crippen LogP contribution in [-0.2, 0) is 17.6 Å². The van der Waals surface area contributed by atoms with Crippen molar-refractivity contribution in [2.45, 2.75) is 55.7 Å². The summed E-state index contributed by atoms with van der Waals surface area (Å²) in [4.78, 5) is 2.07. The Morgan fingerprint density at radius 1 is 0.952 bits per heavy atom. The molecule has 3 rings (SSSR count). The fourth-order valence-corrected chi connectivity index (χ4v) is 4.73. The summed E-state index contributed by atoms with van der Waals surface area (Å²) in [6.07, 6.45) is 0.898. The van der Waals surface area contributed by atoms with E-state index >= 15 is 0 Å². The van der Waals surface area contributed by atoms with Gasteiger partial charge in [-0.2, -0.15) is 0 Å². The molecule has 2 aromatic carbocycles. The zero-order valence-electron chi connectivity index (χ0n) is 13.1. The van der Waals surface area contributed by atoms with E-state index in [1.807, 2.05) is 0 Å². The van der Waals surface area contributed by atoms with Crippen molar-refractivity contribution in [1.82, 2.24) is 0 Å². The SMILES string of the molecule is CC(C)c1ccc2c(c1)[S+]([O-])c1c(cccc1C(C)C)C2. The normalized spacial score (nSPS) is 17.0.